The molecular weight excluding hydrogens is 200 g/mol. The maximum absolute atomic E-state index is 10.5. The van der Waals surface area contributed by atoms with Gasteiger partial charge in [0.25, 0.3) is 0 Å². The fourth-order valence-corrected chi connectivity index (χ4v) is 1.27. The van der Waals surface area contributed by atoms with Gasteiger partial charge < -0.3 is 14.6 Å². The minimum Gasteiger partial charge on any atom is -0.476 e. The number of aromatic nitrogens is 2. The van der Waals surface area contributed by atoms with Crippen LogP contribution in [-0.2, 0) is 15.9 Å². The first-order chi connectivity index (χ1) is 7.25. The lowest BCUT2D eigenvalue weighted by molar-refractivity contribution is -0.0406. The van der Waals surface area contributed by atoms with Gasteiger partial charge >= 0.3 is 5.97 Å². The first-order valence-corrected chi connectivity index (χ1v) is 4.53. The first kappa shape index (κ1) is 10.0. The third kappa shape index (κ3) is 2.48. The number of hydrogen-bond donors (Lipinski definition) is 1. The Morgan fingerprint density at radius 1 is 1.40 bits per heavy atom. The second-order valence-corrected chi connectivity index (χ2v) is 3.07. The number of aromatic carboxylic acids is 1. The summed E-state index contributed by atoms with van der Waals surface area (Å²) in [6, 6.07) is 0. The number of carboxylic acid groups (broad SMARTS) is 1. The van der Waals surface area contributed by atoms with Gasteiger partial charge in [-0.25, -0.2) is 9.78 Å². The summed E-state index contributed by atoms with van der Waals surface area (Å²) in [6.07, 6.45) is 2.86. The van der Waals surface area contributed by atoms with E-state index < -0.39 is 5.97 Å². The van der Waals surface area contributed by atoms with Crippen LogP contribution in [-0.4, -0.2) is 40.5 Å². The van der Waals surface area contributed by atoms with Gasteiger partial charge in [0.2, 0.25) is 0 Å². The smallest absolute Gasteiger partial charge is 0.356 e. The van der Waals surface area contributed by atoms with Crippen LogP contribution in [0, 0.1) is 0 Å². The molecule has 0 atom stereocenters. The molecule has 15 heavy (non-hydrogen) atoms. The quantitative estimate of drug-likeness (QED) is 0.761. The van der Waals surface area contributed by atoms with Crippen LogP contribution in [0.4, 0.5) is 0 Å². The molecule has 2 heterocycles. The zero-order valence-electron chi connectivity index (χ0n) is 7.92. The number of hydrogen-bond acceptors (Lipinski definition) is 5. The molecule has 0 aliphatic carbocycles. The number of carboxylic acids is 1. The monoisotopic (exact) mass is 210 g/mol. The van der Waals surface area contributed by atoms with Crippen LogP contribution >= 0.6 is 0 Å². The number of rotatable bonds is 3. The van der Waals surface area contributed by atoms with E-state index in [1.807, 2.05) is 0 Å². The van der Waals surface area contributed by atoms with E-state index in [1.165, 1.54) is 12.4 Å². The molecular formula is C9H10N2O4. The highest BCUT2D eigenvalue weighted by molar-refractivity contribution is 5.84. The summed E-state index contributed by atoms with van der Waals surface area (Å²) in [5.74, 6) is -1.08. The summed E-state index contributed by atoms with van der Waals surface area (Å²) in [6.45, 7) is 1.18. The molecule has 6 nitrogen and oxygen atoms in total. The van der Waals surface area contributed by atoms with Crippen LogP contribution in [0.15, 0.2) is 12.4 Å². The fourth-order valence-electron chi connectivity index (χ4n) is 1.27. The maximum atomic E-state index is 10.5. The molecule has 0 spiro atoms. The van der Waals surface area contributed by atoms with Crippen molar-refractivity contribution >= 4 is 5.97 Å². The maximum Gasteiger partial charge on any atom is 0.356 e. The molecule has 0 aromatic carbocycles. The molecule has 1 fully saturated rings. The largest absolute Gasteiger partial charge is 0.476 e. The Morgan fingerprint density at radius 3 is 2.67 bits per heavy atom. The molecule has 1 aromatic rings. The van der Waals surface area contributed by atoms with E-state index >= 15 is 0 Å². The normalized spacial score (nSPS) is 16.8. The molecule has 0 bridgehead atoms. The van der Waals surface area contributed by atoms with Gasteiger partial charge in [-0.1, -0.05) is 0 Å². The van der Waals surface area contributed by atoms with Gasteiger partial charge in [0.15, 0.2) is 12.0 Å². The van der Waals surface area contributed by atoms with Crippen LogP contribution in [0.5, 0.6) is 0 Å². The predicted octanol–water partition coefficient (Wildman–Crippen LogP) is 0.0902. The average Bonchev–Trinajstić information content (AvgIpc) is 2.71. The molecule has 1 N–H and O–H groups in total. The highest BCUT2D eigenvalue weighted by atomic mass is 16.7. The van der Waals surface area contributed by atoms with Crippen molar-refractivity contribution in [2.45, 2.75) is 12.7 Å². The van der Waals surface area contributed by atoms with Crippen molar-refractivity contribution in [2.24, 2.45) is 0 Å². The zero-order valence-corrected chi connectivity index (χ0v) is 7.92. The van der Waals surface area contributed by atoms with Crippen LogP contribution in [0.25, 0.3) is 0 Å². The van der Waals surface area contributed by atoms with Crippen molar-refractivity contribution in [1.82, 2.24) is 9.97 Å². The second kappa shape index (κ2) is 4.33. The van der Waals surface area contributed by atoms with Crippen molar-refractivity contribution in [1.29, 1.82) is 0 Å². The highest BCUT2D eigenvalue weighted by Crippen LogP contribution is 2.09. The first-order valence-electron chi connectivity index (χ1n) is 4.53. The molecule has 1 aliphatic rings. The lowest BCUT2D eigenvalue weighted by Crippen LogP contribution is -2.13. The van der Waals surface area contributed by atoms with E-state index in [9.17, 15) is 4.79 Å². The minimum atomic E-state index is -1.08. The molecule has 6 heteroatoms. The van der Waals surface area contributed by atoms with Crippen LogP contribution in [0.2, 0.25) is 0 Å². The van der Waals surface area contributed by atoms with Crippen molar-refractivity contribution in [3.05, 3.63) is 23.8 Å². The third-order valence-corrected chi connectivity index (χ3v) is 1.99. The Morgan fingerprint density at radius 2 is 2.13 bits per heavy atom. The van der Waals surface area contributed by atoms with Crippen LogP contribution in [0.1, 0.15) is 16.2 Å². The molecule has 1 aromatic heterocycles. The van der Waals surface area contributed by atoms with Gasteiger partial charge in [-0.3, -0.25) is 4.98 Å². The lowest BCUT2D eigenvalue weighted by Gasteiger charge is -2.07. The third-order valence-electron chi connectivity index (χ3n) is 1.99. The Balaban J connectivity index is 2.00. The minimum absolute atomic E-state index is 0.0630. The summed E-state index contributed by atoms with van der Waals surface area (Å²) in [5, 5.41) is 8.61. The molecule has 0 radical (unpaired) electrons. The van der Waals surface area contributed by atoms with E-state index in [2.05, 4.69) is 9.97 Å². The molecule has 1 aliphatic heterocycles. The average molecular weight is 210 g/mol. The SMILES string of the molecule is O=C(O)c1cnc(CC2OCCO2)cn1. The molecule has 80 valence electrons. The van der Waals surface area contributed by atoms with Gasteiger partial charge in [0.1, 0.15) is 0 Å². The van der Waals surface area contributed by atoms with Gasteiger partial charge in [-0.05, 0) is 0 Å². The predicted molar refractivity (Wildman–Crippen MR) is 48.4 cm³/mol. The van der Waals surface area contributed by atoms with Gasteiger partial charge in [-0.15, -0.1) is 0 Å². The number of carbonyl (C=O) groups is 1. The van der Waals surface area contributed by atoms with Gasteiger partial charge in [0.05, 0.1) is 25.1 Å². The molecule has 0 amide bonds. The van der Waals surface area contributed by atoms with E-state index in [4.69, 9.17) is 14.6 Å². The number of nitrogens with zero attached hydrogens (tertiary/aromatic N) is 2. The topological polar surface area (TPSA) is 81.5 Å². The second-order valence-electron chi connectivity index (χ2n) is 3.07. The molecule has 0 unspecified atom stereocenters. The summed E-state index contributed by atoms with van der Waals surface area (Å²) in [7, 11) is 0. The van der Waals surface area contributed by atoms with E-state index in [-0.39, 0.29) is 12.0 Å². The number of ether oxygens (including phenoxy) is 2. The lowest BCUT2D eigenvalue weighted by atomic mass is 10.3. The van der Waals surface area contributed by atoms with Crippen LogP contribution < -0.4 is 0 Å². The van der Waals surface area contributed by atoms with E-state index in [0.717, 1.165) is 0 Å². The Bertz CT molecular complexity index is 346. The Kier molecular flexibility index (Phi) is 2.89. The van der Waals surface area contributed by atoms with E-state index in [0.29, 0.717) is 25.3 Å². The van der Waals surface area contributed by atoms with Crippen molar-refractivity contribution < 1.29 is 19.4 Å². The van der Waals surface area contributed by atoms with Crippen LogP contribution in [0.3, 0.4) is 0 Å². The highest BCUT2D eigenvalue weighted by Gasteiger charge is 2.17. The summed E-state index contributed by atoms with van der Waals surface area (Å²) >= 11 is 0. The fraction of sp³-hybridized carbons (Fsp3) is 0.444. The summed E-state index contributed by atoms with van der Waals surface area (Å²) in [4.78, 5) is 18.2. The Hall–Kier alpha value is -1.53. The molecule has 1 saturated heterocycles. The van der Waals surface area contributed by atoms with Crippen molar-refractivity contribution in [3.63, 3.8) is 0 Å². The van der Waals surface area contributed by atoms with E-state index in [1.54, 1.807) is 0 Å². The Labute approximate surface area is 85.9 Å². The molecule has 0 saturated carbocycles. The van der Waals surface area contributed by atoms with Gasteiger partial charge in [-0.2, -0.15) is 0 Å². The summed E-state index contributed by atoms with van der Waals surface area (Å²) in [5.41, 5.74) is 0.596. The van der Waals surface area contributed by atoms with Crippen molar-refractivity contribution in [2.75, 3.05) is 13.2 Å². The summed E-state index contributed by atoms with van der Waals surface area (Å²) < 4.78 is 10.5. The molecule has 2 rings (SSSR count). The zero-order chi connectivity index (χ0) is 10.7. The van der Waals surface area contributed by atoms with Gasteiger partial charge in [0, 0.05) is 12.6 Å². The van der Waals surface area contributed by atoms with Crippen molar-refractivity contribution in [3.8, 4) is 0 Å². The standard InChI is InChI=1S/C9H10N2O4/c12-9(13)7-5-10-6(4-11-7)3-8-14-1-2-15-8/h4-5,8H,1-3H2,(H,12,13).